The van der Waals surface area contributed by atoms with E-state index in [2.05, 4.69) is 58.4 Å². The van der Waals surface area contributed by atoms with Gasteiger partial charge in [-0.05, 0) is 29.8 Å². The van der Waals surface area contributed by atoms with E-state index in [1.54, 1.807) is 0 Å². The van der Waals surface area contributed by atoms with Crippen molar-refractivity contribution in [3.05, 3.63) is 55.4 Å². The molecule has 0 unspecified atom stereocenters. The minimum Gasteiger partial charge on any atom is -0.453 e. The van der Waals surface area contributed by atoms with Gasteiger partial charge in [0.2, 0.25) is 11.6 Å². The number of fused-ring (bicyclic) bond motifs is 6. The number of carbonyl (C=O) groups excluding carboxylic acids is 1. The predicted octanol–water partition coefficient (Wildman–Crippen LogP) is 9.39. The molecule has 60 heavy (non-hydrogen) atoms. The van der Waals surface area contributed by atoms with E-state index in [1.807, 2.05) is 0 Å². The summed E-state index contributed by atoms with van der Waals surface area (Å²) in [6, 6.07) is 1.30. The van der Waals surface area contributed by atoms with Gasteiger partial charge in [0.25, 0.3) is 0 Å². The molecule has 0 radical (unpaired) electrons. The molecule has 2 aromatic carbocycles. The fourth-order valence-corrected chi connectivity index (χ4v) is 6.24. The maximum atomic E-state index is 13.7. The van der Waals surface area contributed by atoms with Crippen LogP contribution in [0.4, 0.5) is 66.3 Å². The van der Waals surface area contributed by atoms with Gasteiger partial charge in [-0.1, -0.05) is 11.6 Å². The molecule has 14 nitrogen and oxygen atoms in total. The first-order valence-electron chi connectivity index (χ1n) is 15.7. The molecule has 0 saturated carbocycles. The van der Waals surface area contributed by atoms with Crippen molar-refractivity contribution in [3.63, 3.8) is 0 Å². The molecule has 0 aliphatic carbocycles. The zero-order valence-electron chi connectivity index (χ0n) is 29.2. The van der Waals surface area contributed by atoms with E-state index < -0.39 is 129 Å². The van der Waals surface area contributed by atoms with Gasteiger partial charge in [-0.25, -0.2) is 19.6 Å². The van der Waals surface area contributed by atoms with Crippen molar-refractivity contribution in [2.24, 2.45) is 0 Å². The molecule has 0 spiro atoms. The fraction of sp³-hybridized carbons (Fsp3) is 0.400. The van der Waals surface area contributed by atoms with Crippen LogP contribution in [0.25, 0.3) is 22.1 Å². The quantitative estimate of drug-likeness (QED) is 0.155. The first-order chi connectivity index (χ1) is 27.4. The number of imidazole rings is 2. The number of halogens is 16. The van der Waals surface area contributed by atoms with Crippen LogP contribution in [-0.2, 0) is 30.3 Å². The second kappa shape index (κ2) is 14.4. The van der Waals surface area contributed by atoms with Crippen molar-refractivity contribution in [1.29, 1.82) is 0 Å². The summed E-state index contributed by atoms with van der Waals surface area (Å²) in [5.41, 5.74) is -2.77. The number of alkyl halides is 14. The van der Waals surface area contributed by atoms with Crippen LogP contribution in [0, 0.1) is 6.92 Å². The molecule has 5 heterocycles. The molecule has 0 N–H and O–H groups in total. The van der Waals surface area contributed by atoms with Crippen LogP contribution >= 0.6 is 27.5 Å². The molecule has 0 bridgehead atoms. The van der Waals surface area contributed by atoms with Crippen LogP contribution in [0.15, 0.2) is 30.2 Å². The second-order valence-corrected chi connectivity index (χ2v) is 13.3. The summed E-state index contributed by atoms with van der Waals surface area (Å²) in [6.45, 7) is 0.724. The largest absolute Gasteiger partial charge is 0.519 e. The van der Waals surface area contributed by atoms with Gasteiger partial charge in [-0.15, -0.1) is 0 Å². The lowest BCUT2D eigenvalue weighted by Gasteiger charge is -2.32. The van der Waals surface area contributed by atoms with E-state index in [0.29, 0.717) is 10.6 Å². The third-order valence-electron chi connectivity index (χ3n) is 8.17. The van der Waals surface area contributed by atoms with Gasteiger partial charge in [-0.3, -0.25) is 9.47 Å². The van der Waals surface area contributed by atoms with E-state index in [9.17, 15) is 71.1 Å². The van der Waals surface area contributed by atoms with Crippen LogP contribution in [0.3, 0.4) is 0 Å². The van der Waals surface area contributed by atoms with Crippen molar-refractivity contribution in [3.8, 4) is 23.0 Å². The molecular weight excluding hydrogens is 956 g/mol. The Kier molecular flexibility index (Phi) is 10.6. The molecule has 0 fully saturated rings. The maximum Gasteiger partial charge on any atom is 0.519 e. The third kappa shape index (κ3) is 7.52. The highest BCUT2D eigenvalue weighted by molar-refractivity contribution is 9.10. The lowest BCUT2D eigenvalue weighted by molar-refractivity contribution is -0.391. The Morgan fingerprint density at radius 3 is 1.73 bits per heavy atom. The van der Waals surface area contributed by atoms with Crippen molar-refractivity contribution >= 4 is 55.7 Å². The van der Waals surface area contributed by atoms with E-state index in [4.69, 9.17) is 11.6 Å². The Morgan fingerprint density at radius 1 is 0.800 bits per heavy atom. The Hall–Kier alpha value is -5.35. The highest BCUT2D eigenvalue weighted by Crippen LogP contribution is 2.54. The number of amides is 1. The standard InChI is InChI=1S/C15H11BrF7N3O4.C15H6ClF7N2O5/c1-3-25(12(27)28-2)5-26-9-8(24-11(26)13(17,18)19)6(16)4-7-10(9)30-15(22,23)14(20,21)29-7;1-4-7(28-12(26)27-4)3-25-9-8(24-11(25)13(17,18)19)5(16)2-6-10(9)30-15(22,23)14(20,21)29-6/h4H,3,5H2,1-2H3;2H,3H2,1H3. The van der Waals surface area contributed by atoms with Crippen LogP contribution in [0.2, 0.25) is 5.02 Å². The summed E-state index contributed by atoms with van der Waals surface area (Å²) in [5.74, 6) is -9.31. The van der Waals surface area contributed by atoms with Gasteiger partial charge >= 0.3 is 48.7 Å². The molecule has 30 heteroatoms. The molecule has 0 saturated heterocycles. The number of hydrogen-bond acceptors (Lipinski definition) is 11. The first kappa shape index (κ1) is 44.2. The normalized spacial score (nSPS) is 17.3. The fourth-order valence-electron chi connectivity index (χ4n) is 5.52. The predicted molar refractivity (Wildman–Crippen MR) is 170 cm³/mol. The van der Waals surface area contributed by atoms with Gasteiger partial charge in [0.1, 0.15) is 34.5 Å². The van der Waals surface area contributed by atoms with Gasteiger partial charge in [0, 0.05) is 23.2 Å². The van der Waals surface area contributed by atoms with E-state index in [1.165, 1.54) is 13.8 Å². The summed E-state index contributed by atoms with van der Waals surface area (Å²) in [4.78, 5) is 30.5. The Morgan fingerprint density at radius 2 is 1.27 bits per heavy atom. The molecule has 1 amide bonds. The highest BCUT2D eigenvalue weighted by Gasteiger charge is 2.67. The van der Waals surface area contributed by atoms with Gasteiger partial charge in [0.05, 0.1) is 18.7 Å². The number of benzene rings is 2. The van der Waals surface area contributed by atoms with Crippen LogP contribution in [-0.4, -0.2) is 68.2 Å². The molecule has 2 aliphatic rings. The summed E-state index contributed by atoms with van der Waals surface area (Å²) < 4.78 is 220. The van der Waals surface area contributed by atoms with Crippen molar-refractivity contribution < 1.29 is 98.8 Å². The van der Waals surface area contributed by atoms with E-state index in [0.717, 1.165) is 18.1 Å². The Balaban J connectivity index is 0.000000201. The van der Waals surface area contributed by atoms with Gasteiger partial charge in [-0.2, -0.15) is 61.5 Å². The molecule has 7 rings (SSSR count). The van der Waals surface area contributed by atoms with Crippen LogP contribution < -0.4 is 24.8 Å². The molecule has 328 valence electrons. The zero-order valence-corrected chi connectivity index (χ0v) is 31.6. The van der Waals surface area contributed by atoms with Crippen molar-refractivity contribution in [1.82, 2.24) is 24.0 Å². The average Bonchev–Trinajstić information content (AvgIpc) is 3.79. The summed E-state index contributed by atoms with van der Waals surface area (Å²) >= 11 is 8.69. The first-order valence-corrected chi connectivity index (χ1v) is 16.9. The molecule has 5 aromatic rings. The molecule has 0 atom stereocenters. The van der Waals surface area contributed by atoms with Gasteiger partial charge < -0.3 is 37.1 Å². The van der Waals surface area contributed by atoms with Crippen molar-refractivity contribution in [2.45, 2.75) is 63.8 Å². The maximum absolute atomic E-state index is 13.7. The molecule has 2 aliphatic heterocycles. The Labute approximate surface area is 334 Å². The second-order valence-electron chi connectivity index (χ2n) is 12.0. The number of aromatic nitrogens is 4. The minimum absolute atomic E-state index is 0.134. The molecular formula is C30H17BrClF14N5O9. The SMILES string of the molecule is CCN(Cn1c(C(F)(F)F)nc2c(Br)cc3c(c21)OC(F)(F)C(F)(F)O3)C(=O)OC.Cc1oc(=O)oc1Cn1c(C(F)(F)F)nc2c(Cl)cc3c(c21)OC(F)(F)C(F)(F)O3. The number of carbonyl (C=O) groups is 1. The Bertz CT molecular complexity index is 2590. The number of rotatable bonds is 5. The number of aryl methyl sites for hydroxylation is 1. The molecule has 3 aromatic heterocycles. The lowest BCUT2D eigenvalue weighted by Crippen LogP contribution is -2.52. The topological polar surface area (TPSA) is 145 Å². The van der Waals surface area contributed by atoms with E-state index in [-0.39, 0.29) is 21.3 Å². The number of nitrogens with zero attached hydrogens (tertiary/aromatic N) is 5. The summed E-state index contributed by atoms with van der Waals surface area (Å²) in [7, 11) is 0.986. The number of ether oxygens (including phenoxy) is 5. The monoisotopic (exact) mass is 971 g/mol. The zero-order chi connectivity index (χ0) is 44.9. The average molecular weight is 973 g/mol. The van der Waals surface area contributed by atoms with E-state index >= 15 is 0 Å². The number of methoxy groups -OCH3 is 1. The highest BCUT2D eigenvalue weighted by atomic mass is 79.9. The van der Waals surface area contributed by atoms with Crippen LogP contribution in [0.5, 0.6) is 23.0 Å². The summed E-state index contributed by atoms with van der Waals surface area (Å²) in [5, 5.41) is -0.608. The third-order valence-corrected chi connectivity index (χ3v) is 9.06. The lowest BCUT2D eigenvalue weighted by atomic mass is 10.2. The van der Waals surface area contributed by atoms with Gasteiger partial charge in [0.15, 0.2) is 28.8 Å². The smallest absolute Gasteiger partial charge is 0.453 e. The van der Waals surface area contributed by atoms with Crippen LogP contribution in [0.1, 0.15) is 30.1 Å². The summed E-state index contributed by atoms with van der Waals surface area (Å²) in [6.07, 6.45) is -31.9. The number of hydrogen-bond donors (Lipinski definition) is 0. The minimum atomic E-state index is -5.22. The van der Waals surface area contributed by atoms with Crippen molar-refractivity contribution in [2.75, 3.05) is 13.7 Å².